The Morgan fingerprint density at radius 2 is 1.46 bits per heavy atom. The molecule has 1 aliphatic heterocycles. The lowest BCUT2D eigenvalue weighted by Gasteiger charge is -2.34. The largest absolute Gasteiger partial charge is 0.336 e. The van der Waals surface area contributed by atoms with Gasteiger partial charge < -0.3 is 4.90 Å². The summed E-state index contributed by atoms with van der Waals surface area (Å²) in [5.41, 5.74) is 0.307. The standard InChI is InChI=1S/C19H20N4O5/c24-19(16-12-17(22(25)26)14-18(13-16)23(27)28)21-10-8-20(9-11-21)7-6-15-4-2-1-3-5-15/h1-5,12-14H,6-11H2. The second-order valence-corrected chi connectivity index (χ2v) is 6.62. The molecule has 2 aromatic rings. The molecule has 0 N–H and O–H groups in total. The molecule has 2 aromatic carbocycles. The lowest BCUT2D eigenvalue weighted by atomic mass is 10.1. The van der Waals surface area contributed by atoms with Crippen LogP contribution in [0.25, 0.3) is 0 Å². The van der Waals surface area contributed by atoms with E-state index in [4.69, 9.17) is 0 Å². The molecule has 0 radical (unpaired) electrons. The molecule has 0 atom stereocenters. The van der Waals surface area contributed by atoms with Crippen LogP contribution >= 0.6 is 0 Å². The van der Waals surface area contributed by atoms with Gasteiger partial charge in [0, 0.05) is 44.9 Å². The van der Waals surface area contributed by atoms with E-state index in [0.717, 1.165) is 31.2 Å². The third-order valence-corrected chi connectivity index (χ3v) is 4.79. The van der Waals surface area contributed by atoms with Crippen LogP contribution in [0.5, 0.6) is 0 Å². The van der Waals surface area contributed by atoms with Gasteiger partial charge in [0.2, 0.25) is 0 Å². The number of nitro groups is 2. The lowest BCUT2D eigenvalue weighted by molar-refractivity contribution is -0.394. The van der Waals surface area contributed by atoms with Crippen LogP contribution in [0.15, 0.2) is 48.5 Å². The summed E-state index contributed by atoms with van der Waals surface area (Å²) in [6.45, 7) is 3.22. The Morgan fingerprint density at radius 3 is 2.00 bits per heavy atom. The molecule has 28 heavy (non-hydrogen) atoms. The molecule has 0 aliphatic carbocycles. The molecular formula is C19H20N4O5. The first-order valence-electron chi connectivity index (χ1n) is 8.93. The average Bonchev–Trinajstić information content (AvgIpc) is 2.72. The van der Waals surface area contributed by atoms with Crippen molar-refractivity contribution in [2.45, 2.75) is 6.42 Å². The van der Waals surface area contributed by atoms with Crippen LogP contribution in [-0.4, -0.2) is 58.3 Å². The van der Waals surface area contributed by atoms with Crippen LogP contribution in [0.3, 0.4) is 0 Å². The highest BCUT2D eigenvalue weighted by Crippen LogP contribution is 2.24. The van der Waals surface area contributed by atoms with Gasteiger partial charge in [-0.2, -0.15) is 0 Å². The summed E-state index contributed by atoms with van der Waals surface area (Å²) in [6, 6.07) is 13.2. The zero-order valence-corrected chi connectivity index (χ0v) is 15.2. The van der Waals surface area contributed by atoms with Gasteiger partial charge in [-0.1, -0.05) is 30.3 Å². The zero-order chi connectivity index (χ0) is 20.1. The predicted octanol–water partition coefficient (Wildman–Crippen LogP) is 2.50. The first-order valence-corrected chi connectivity index (χ1v) is 8.93. The molecule has 0 aromatic heterocycles. The van der Waals surface area contributed by atoms with Crippen molar-refractivity contribution in [3.05, 3.63) is 79.9 Å². The van der Waals surface area contributed by atoms with Gasteiger partial charge in [0.15, 0.2) is 0 Å². The van der Waals surface area contributed by atoms with E-state index in [-0.39, 0.29) is 5.56 Å². The fourth-order valence-electron chi connectivity index (χ4n) is 3.22. The minimum absolute atomic E-state index is 0.0290. The number of rotatable bonds is 6. The first kappa shape index (κ1) is 19.4. The van der Waals surface area contributed by atoms with Crippen LogP contribution < -0.4 is 0 Å². The van der Waals surface area contributed by atoms with Crippen molar-refractivity contribution in [2.75, 3.05) is 32.7 Å². The van der Waals surface area contributed by atoms with Crippen LogP contribution in [0.1, 0.15) is 15.9 Å². The third kappa shape index (κ3) is 4.68. The summed E-state index contributed by atoms with van der Waals surface area (Å²) < 4.78 is 0. The second kappa shape index (κ2) is 8.57. The number of nitrogens with zero attached hydrogens (tertiary/aromatic N) is 4. The molecule has 0 spiro atoms. The van der Waals surface area contributed by atoms with Gasteiger partial charge in [-0.05, 0) is 12.0 Å². The van der Waals surface area contributed by atoms with Gasteiger partial charge in [-0.3, -0.25) is 29.9 Å². The van der Waals surface area contributed by atoms with Gasteiger partial charge in [0.25, 0.3) is 17.3 Å². The number of hydrogen-bond donors (Lipinski definition) is 0. The van der Waals surface area contributed by atoms with Gasteiger partial charge in [-0.15, -0.1) is 0 Å². The van der Waals surface area contributed by atoms with E-state index < -0.39 is 27.1 Å². The van der Waals surface area contributed by atoms with Crippen LogP contribution in [0.2, 0.25) is 0 Å². The highest BCUT2D eigenvalue weighted by Gasteiger charge is 2.26. The average molecular weight is 384 g/mol. The summed E-state index contributed by atoms with van der Waals surface area (Å²) in [7, 11) is 0. The Bertz CT molecular complexity index is 847. The van der Waals surface area contributed by atoms with E-state index >= 15 is 0 Å². The van der Waals surface area contributed by atoms with Crippen molar-refractivity contribution < 1.29 is 14.6 Å². The molecule has 3 rings (SSSR count). The van der Waals surface area contributed by atoms with Crippen molar-refractivity contribution in [3.63, 3.8) is 0 Å². The Morgan fingerprint density at radius 1 is 0.893 bits per heavy atom. The highest BCUT2D eigenvalue weighted by molar-refractivity contribution is 5.95. The molecule has 1 saturated heterocycles. The number of hydrogen-bond acceptors (Lipinski definition) is 6. The maximum Gasteiger partial charge on any atom is 0.277 e. The number of carbonyl (C=O) groups is 1. The fraction of sp³-hybridized carbons (Fsp3) is 0.316. The van der Waals surface area contributed by atoms with Gasteiger partial charge >= 0.3 is 0 Å². The quantitative estimate of drug-likeness (QED) is 0.559. The summed E-state index contributed by atoms with van der Waals surface area (Å²) in [6.07, 6.45) is 0.922. The number of non-ortho nitro benzene ring substituents is 2. The summed E-state index contributed by atoms with van der Waals surface area (Å²) in [5, 5.41) is 22.0. The van der Waals surface area contributed by atoms with E-state index in [0.29, 0.717) is 26.2 Å². The van der Waals surface area contributed by atoms with Crippen molar-refractivity contribution in [1.29, 1.82) is 0 Å². The van der Waals surface area contributed by atoms with Crippen LogP contribution in [-0.2, 0) is 6.42 Å². The second-order valence-electron chi connectivity index (χ2n) is 6.62. The monoisotopic (exact) mass is 384 g/mol. The molecule has 1 amide bonds. The molecular weight excluding hydrogens is 364 g/mol. The molecule has 9 heteroatoms. The predicted molar refractivity (Wildman–Crippen MR) is 102 cm³/mol. The molecule has 0 bridgehead atoms. The maximum atomic E-state index is 12.7. The smallest absolute Gasteiger partial charge is 0.277 e. The lowest BCUT2D eigenvalue weighted by Crippen LogP contribution is -2.49. The number of piperazine rings is 1. The van der Waals surface area contributed by atoms with E-state index in [2.05, 4.69) is 17.0 Å². The van der Waals surface area contributed by atoms with Crippen molar-refractivity contribution in [1.82, 2.24) is 9.80 Å². The number of nitro benzene ring substituents is 2. The molecule has 0 saturated carbocycles. The topological polar surface area (TPSA) is 110 Å². The van der Waals surface area contributed by atoms with Gasteiger partial charge in [0.1, 0.15) is 0 Å². The molecule has 146 valence electrons. The number of benzene rings is 2. The van der Waals surface area contributed by atoms with Crippen molar-refractivity contribution in [3.8, 4) is 0 Å². The fourth-order valence-corrected chi connectivity index (χ4v) is 3.22. The number of amides is 1. The minimum Gasteiger partial charge on any atom is -0.336 e. The highest BCUT2D eigenvalue weighted by atomic mass is 16.6. The zero-order valence-electron chi connectivity index (χ0n) is 15.2. The summed E-state index contributed by atoms with van der Waals surface area (Å²) >= 11 is 0. The van der Waals surface area contributed by atoms with Crippen molar-refractivity contribution >= 4 is 17.3 Å². The Kier molecular flexibility index (Phi) is 5.95. The Hall–Kier alpha value is -3.33. The summed E-state index contributed by atoms with van der Waals surface area (Å²) in [5.74, 6) is -0.422. The van der Waals surface area contributed by atoms with Gasteiger partial charge in [-0.25, -0.2) is 0 Å². The van der Waals surface area contributed by atoms with Crippen LogP contribution in [0, 0.1) is 20.2 Å². The van der Waals surface area contributed by atoms with E-state index in [1.807, 2.05) is 18.2 Å². The van der Waals surface area contributed by atoms with Crippen molar-refractivity contribution in [2.24, 2.45) is 0 Å². The minimum atomic E-state index is -0.731. The van der Waals surface area contributed by atoms with E-state index in [9.17, 15) is 25.0 Å². The first-order chi connectivity index (χ1) is 13.4. The summed E-state index contributed by atoms with van der Waals surface area (Å²) in [4.78, 5) is 37.1. The SMILES string of the molecule is O=C(c1cc([N+](=O)[O-])cc([N+](=O)[O-])c1)N1CCN(CCc2ccccc2)CC1. The Labute approximate surface area is 161 Å². The van der Waals surface area contributed by atoms with Gasteiger partial charge in [0.05, 0.1) is 21.5 Å². The third-order valence-electron chi connectivity index (χ3n) is 4.79. The number of carbonyl (C=O) groups excluding carboxylic acids is 1. The molecule has 0 unspecified atom stereocenters. The maximum absolute atomic E-state index is 12.7. The Balaban J connectivity index is 1.62. The van der Waals surface area contributed by atoms with E-state index in [1.165, 1.54) is 5.56 Å². The molecule has 1 fully saturated rings. The van der Waals surface area contributed by atoms with E-state index in [1.54, 1.807) is 4.90 Å². The molecule has 1 heterocycles. The normalized spacial score (nSPS) is 14.6. The van der Waals surface area contributed by atoms with Crippen LogP contribution in [0.4, 0.5) is 11.4 Å². The molecule has 9 nitrogen and oxygen atoms in total. The molecule has 1 aliphatic rings.